The summed E-state index contributed by atoms with van der Waals surface area (Å²) in [5.74, 6) is 0. The van der Waals surface area contributed by atoms with Crippen molar-refractivity contribution in [3.05, 3.63) is 47.5 Å². The van der Waals surface area contributed by atoms with Crippen molar-refractivity contribution in [1.29, 1.82) is 0 Å². The highest BCUT2D eigenvalue weighted by Crippen LogP contribution is 2.15. The maximum atomic E-state index is 11.9. The highest BCUT2D eigenvalue weighted by atomic mass is 35.5. The predicted octanol–water partition coefficient (Wildman–Crippen LogP) is 1.54. The van der Waals surface area contributed by atoms with Gasteiger partial charge in [-0.05, 0) is 18.2 Å². The second-order valence-corrected chi connectivity index (χ2v) is 5.56. The fourth-order valence-electron chi connectivity index (χ4n) is 1.27. The summed E-state index contributed by atoms with van der Waals surface area (Å²) >= 11 is 5.74. The third-order valence-electron chi connectivity index (χ3n) is 2.11. The highest BCUT2D eigenvalue weighted by Gasteiger charge is 2.13. The maximum Gasteiger partial charge on any atom is 0.240 e. The van der Waals surface area contributed by atoms with Crippen LogP contribution in [0.25, 0.3) is 0 Å². The first-order chi connectivity index (χ1) is 8.08. The lowest BCUT2D eigenvalue weighted by Gasteiger charge is -2.05. The quantitative estimate of drug-likeness (QED) is 0.886. The lowest BCUT2D eigenvalue weighted by Crippen LogP contribution is -2.23. The van der Waals surface area contributed by atoms with Crippen molar-refractivity contribution in [2.75, 3.05) is 0 Å². The van der Waals surface area contributed by atoms with E-state index in [1.807, 2.05) is 0 Å². The molecule has 0 saturated heterocycles. The van der Waals surface area contributed by atoms with Crippen molar-refractivity contribution in [3.8, 4) is 0 Å². The van der Waals surface area contributed by atoms with Crippen molar-refractivity contribution >= 4 is 21.6 Å². The Bertz CT molecular complexity index is 596. The van der Waals surface area contributed by atoms with Gasteiger partial charge < -0.3 is 4.98 Å². The zero-order valence-electron chi connectivity index (χ0n) is 8.72. The van der Waals surface area contributed by atoms with Crippen molar-refractivity contribution in [1.82, 2.24) is 14.7 Å². The van der Waals surface area contributed by atoms with E-state index in [-0.39, 0.29) is 11.4 Å². The second-order valence-electron chi connectivity index (χ2n) is 3.36. The van der Waals surface area contributed by atoms with E-state index in [1.165, 1.54) is 18.5 Å². The number of hydrogen-bond acceptors (Lipinski definition) is 3. The van der Waals surface area contributed by atoms with Crippen molar-refractivity contribution in [2.45, 2.75) is 11.4 Å². The van der Waals surface area contributed by atoms with Gasteiger partial charge in [-0.25, -0.2) is 18.1 Å². The Morgan fingerprint density at radius 3 is 2.88 bits per heavy atom. The molecule has 7 heteroatoms. The van der Waals surface area contributed by atoms with Gasteiger partial charge in [-0.1, -0.05) is 17.7 Å². The van der Waals surface area contributed by atoms with E-state index in [0.717, 1.165) is 0 Å². The number of aromatic amines is 1. The minimum Gasteiger partial charge on any atom is -0.347 e. The van der Waals surface area contributed by atoms with E-state index in [9.17, 15) is 8.42 Å². The van der Waals surface area contributed by atoms with E-state index >= 15 is 0 Å². The van der Waals surface area contributed by atoms with Gasteiger partial charge in [-0.2, -0.15) is 0 Å². The molecule has 0 spiro atoms. The summed E-state index contributed by atoms with van der Waals surface area (Å²) in [6.45, 7) is 0.162. The molecule has 1 aromatic carbocycles. The van der Waals surface area contributed by atoms with E-state index in [1.54, 1.807) is 18.3 Å². The van der Waals surface area contributed by atoms with Crippen LogP contribution < -0.4 is 4.72 Å². The largest absolute Gasteiger partial charge is 0.347 e. The standard InChI is InChI=1S/C10H10ClN3O2S/c11-8-2-1-3-10(4-8)17(15,16)14-6-9-5-12-7-13-9/h1-5,7,14H,6H2,(H,12,13). The average Bonchev–Trinajstić information content (AvgIpc) is 2.79. The number of imidazole rings is 1. The van der Waals surface area contributed by atoms with E-state index in [0.29, 0.717) is 10.7 Å². The molecule has 2 aromatic rings. The monoisotopic (exact) mass is 271 g/mol. The Kier molecular flexibility index (Phi) is 3.46. The molecular weight excluding hydrogens is 262 g/mol. The van der Waals surface area contributed by atoms with Gasteiger partial charge in [0.25, 0.3) is 0 Å². The molecule has 2 N–H and O–H groups in total. The molecule has 0 aliphatic rings. The van der Waals surface area contributed by atoms with Gasteiger partial charge in [0, 0.05) is 16.9 Å². The lowest BCUT2D eigenvalue weighted by atomic mass is 10.4. The summed E-state index contributed by atoms with van der Waals surface area (Å²) in [4.78, 5) is 6.75. The number of benzene rings is 1. The van der Waals surface area contributed by atoms with Crippen LogP contribution in [0.5, 0.6) is 0 Å². The van der Waals surface area contributed by atoms with Gasteiger partial charge >= 0.3 is 0 Å². The minimum absolute atomic E-state index is 0.143. The van der Waals surface area contributed by atoms with Gasteiger partial charge in [0.05, 0.1) is 17.8 Å². The second kappa shape index (κ2) is 4.87. The molecule has 0 saturated carbocycles. The van der Waals surface area contributed by atoms with Crippen molar-refractivity contribution in [2.24, 2.45) is 0 Å². The Hall–Kier alpha value is -1.37. The SMILES string of the molecule is O=S(=O)(NCc1cnc[nH]1)c1cccc(Cl)c1. The number of hydrogen-bond donors (Lipinski definition) is 2. The van der Waals surface area contributed by atoms with Crippen LogP contribution in [-0.4, -0.2) is 18.4 Å². The van der Waals surface area contributed by atoms with Crippen LogP contribution in [0, 0.1) is 0 Å². The first-order valence-corrected chi connectivity index (χ1v) is 6.66. The van der Waals surface area contributed by atoms with Crippen molar-refractivity contribution in [3.63, 3.8) is 0 Å². The van der Waals surface area contributed by atoms with Gasteiger partial charge in [-0.3, -0.25) is 0 Å². The molecule has 1 aromatic heterocycles. The number of nitrogens with one attached hydrogen (secondary N) is 2. The Morgan fingerprint density at radius 1 is 1.41 bits per heavy atom. The number of nitrogens with zero attached hydrogens (tertiary/aromatic N) is 1. The number of rotatable bonds is 4. The number of sulfonamides is 1. The predicted molar refractivity (Wildman–Crippen MR) is 64.1 cm³/mol. The molecule has 0 aliphatic carbocycles. The number of aromatic nitrogens is 2. The molecule has 0 atom stereocenters. The smallest absolute Gasteiger partial charge is 0.240 e. The first-order valence-electron chi connectivity index (χ1n) is 4.80. The molecule has 17 heavy (non-hydrogen) atoms. The summed E-state index contributed by atoms with van der Waals surface area (Å²) in [5, 5.41) is 0.384. The van der Waals surface area contributed by atoms with E-state index in [2.05, 4.69) is 14.7 Å². The zero-order valence-corrected chi connectivity index (χ0v) is 10.3. The Morgan fingerprint density at radius 2 is 2.24 bits per heavy atom. The average molecular weight is 272 g/mol. The summed E-state index contributed by atoms with van der Waals surface area (Å²) in [6.07, 6.45) is 3.05. The molecule has 5 nitrogen and oxygen atoms in total. The highest BCUT2D eigenvalue weighted by molar-refractivity contribution is 7.89. The van der Waals surface area contributed by atoms with Crippen LogP contribution in [0.2, 0.25) is 5.02 Å². The van der Waals surface area contributed by atoms with Crippen LogP contribution in [-0.2, 0) is 16.6 Å². The maximum absolute atomic E-state index is 11.9. The summed E-state index contributed by atoms with van der Waals surface area (Å²) in [7, 11) is -3.54. The van der Waals surface area contributed by atoms with Crippen LogP contribution in [0.15, 0.2) is 41.7 Å². The molecule has 2 rings (SSSR count). The molecule has 0 unspecified atom stereocenters. The molecule has 0 fully saturated rings. The van der Waals surface area contributed by atoms with Gasteiger partial charge in [-0.15, -0.1) is 0 Å². The van der Waals surface area contributed by atoms with Gasteiger partial charge in [0.2, 0.25) is 10.0 Å². The van der Waals surface area contributed by atoms with Crippen molar-refractivity contribution < 1.29 is 8.42 Å². The molecule has 0 aliphatic heterocycles. The Labute approximate surface area is 104 Å². The van der Waals surface area contributed by atoms with Gasteiger partial charge in [0.15, 0.2) is 0 Å². The molecule has 0 amide bonds. The number of H-pyrrole nitrogens is 1. The summed E-state index contributed by atoms with van der Waals surface area (Å²) in [6, 6.07) is 6.10. The van der Waals surface area contributed by atoms with Crippen LogP contribution in [0.1, 0.15) is 5.69 Å². The van der Waals surface area contributed by atoms with E-state index < -0.39 is 10.0 Å². The van der Waals surface area contributed by atoms with Crippen LogP contribution >= 0.6 is 11.6 Å². The molecule has 1 heterocycles. The normalized spacial score (nSPS) is 11.6. The molecule has 0 radical (unpaired) electrons. The third-order valence-corrected chi connectivity index (χ3v) is 3.75. The zero-order chi connectivity index (χ0) is 12.3. The number of halogens is 1. The van der Waals surface area contributed by atoms with E-state index in [4.69, 9.17) is 11.6 Å². The van der Waals surface area contributed by atoms with Gasteiger partial charge in [0.1, 0.15) is 0 Å². The summed E-state index contributed by atoms with van der Waals surface area (Å²) < 4.78 is 26.2. The van der Waals surface area contributed by atoms with Crippen LogP contribution in [0.4, 0.5) is 0 Å². The molecular formula is C10H10ClN3O2S. The molecule has 0 bridgehead atoms. The fourth-order valence-corrected chi connectivity index (χ4v) is 2.58. The lowest BCUT2D eigenvalue weighted by molar-refractivity contribution is 0.580. The topological polar surface area (TPSA) is 74.8 Å². The fraction of sp³-hybridized carbons (Fsp3) is 0.100. The minimum atomic E-state index is -3.54. The first kappa shape index (κ1) is 12.1. The molecule has 90 valence electrons. The summed E-state index contributed by atoms with van der Waals surface area (Å²) in [5.41, 5.74) is 0.690. The third kappa shape index (κ3) is 3.06. The van der Waals surface area contributed by atoms with Crippen LogP contribution in [0.3, 0.4) is 0 Å². The Balaban J connectivity index is 2.14.